The minimum Gasteiger partial charge on any atom is -0.493 e. The van der Waals surface area contributed by atoms with Crippen LogP contribution in [0.15, 0.2) is 30.3 Å². The average molecular weight is 357 g/mol. The van der Waals surface area contributed by atoms with Crippen molar-refractivity contribution < 1.29 is 9.47 Å². The molecule has 1 aromatic carbocycles. The molecule has 0 aliphatic heterocycles. The molecule has 0 N–H and O–H groups in total. The predicted molar refractivity (Wildman–Crippen MR) is 83.9 cm³/mol. The number of benzene rings is 1. The molecule has 0 saturated heterocycles. The van der Waals surface area contributed by atoms with E-state index in [2.05, 4.69) is 20.9 Å². The van der Waals surface area contributed by atoms with Gasteiger partial charge in [-0.25, -0.2) is 0 Å². The molecule has 0 spiro atoms. The molecular weight excluding hydrogens is 342 g/mol. The smallest absolute Gasteiger partial charge is 0.180 e. The zero-order chi connectivity index (χ0) is 14.5. The van der Waals surface area contributed by atoms with Crippen LogP contribution < -0.4 is 9.47 Å². The van der Waals surface area contributed by atoms with Crippen LogP contribution in [0, 0.1) is 6.92 Å². The fourth-order valence-electron chi connectivity index (χ4n) is 1.82. The second kappa shape index (κ2) is 6.95. The van der Waals surface area contributed by atoms with Gasteiger partial charge in [-0.2, -0.15) is 0 Å². The first-order chi connectivity index (χ1) is 9.63. The van der Waals surface area contributed by atoms with Gasteiger partial charge >= 0.3 is 0 Å². The highest BCUT2D eigenvalue weighted by Crippen LogP contribution is 2.37. The normalized spacial score (nSPS) is 10.4. The first-order valence-electron chi connectivity index (χ1n) is 6.11. The summed E-state index contributed by atoms with van der Waals surface area (Å²) in [5.41, 5.74) is 2.85. The van der Waals surface area contributed by atoms with Gasteiger partial charge < -0.3 is 9.47 Å². The van der Waals surface area contributed by atoms with Crippen molar-refractivity contribution in [1.29, 1.82) is 0 Å². The summed E-state index contributed by atoms with van der Waals surface area (Å²) < 4.78 is 11.1. The topological polar surface area (TPSA) is 31.4 Å². The summed E-state index contributed by atoms with van der Waals surface area (Å²) in [4.78, 5) is 4.39. The van der Waals surface area contributed by atoms with E-state index < -0.39 is 0 Å². The molecule has 20 heavy (non-hydrogen) atoms. The van der Waals surface area contributed by atoms with Crippen molar-refractivity contribution in [2.24, 2.45) is 0 Å². The molecule has 0 bridgehead atoms. The molecule has 106 valence electrons. The Morgan fingerprint density at radius 3 is 2.75 bits per heavy atom. The zero-order valence-corrected chi connectivity index (χ0v) is 13.7. The van der Waals surface area contributed by atoms with Gasteiger partial charge in [0.25, 0.3) is 0 Å². The first-order valence-corrected chi connectivity index (χ1v) is 7.61. The van der Waals surface area contributed by atoms with E-state index in [0.717, 1.165) is 17.0 Å². The Balaban J connectivity index is 2.20. The average Bonchev–Trinajstić information content (AvgIpc) is 2.45. The highest BCUT2D eigenvalue weighted by Gasteiger charge is 2.12. The Kier molecular flexibility index (Phi) is 5.26. The number of pyridine rings is 1. The number of hydrogen-bond donors (Lipinski definition) is 0. The SMILES string of the molecule is COc1cc(CBr)cc(Cl)c1OCc1cccc(C)n1. The van der Waals surface area contributed by atoms with Crippen molar-refractivity contribution in [1.82, 2.24) is 4.98 Å². The Hall–Kier alpha value is -1.26. The summed E-state index contributed by atoms with van der Waals surface area (Å²) >= 11 is 9.64. The van der Waals surface area contributed by atoms with Gasteiger partial charge in [-0.15, -0.1) is 0 Å². The van der Waals surface area contributed by atoms with E-state index in [1.807, 2.05) is 37.3 Å². The van der Waals surface area contributed by atoms with E-state index in [1.165, 1.54) is 0 Å². The van der Waals surface area contributed by atoms with Crippen LogP contribution in [0.2, 0.25) is 5.02 Å². The molecule has 1 heterocycles. The van der Waals surface area contributed by atoms with Crippen LogP contribution in [0.4, 0.5) is 0 Å². The molecule has 0 amide bonds. The largest absolute Gasteiger partial charge is 0.493 e. The molecule has 0 fully saturated rings. The molecule has 0 radical (unpaired) electrons. The number of ether oxygens (including phenoxy) is 2. The van der Waals surface area contributed by atoms with Crippen LogP contribution in [0.3, 0.4) is 0 Å². The van der Waals surface area contributed by atoms with Gasteiger partial charge in [0.1, 0.15) is 6.61 Å². The lowest BCUT2D eigenvalue weighted by molar-refractivity contribution is 0.280. The van der Waals surface area contributed by atoms with E-state index in [1.54, 1.807) is 7.11 Å². The van der Waals surface area contributed by atoms with Gasteiger partial charge in [-0.05, 0) is 36.8 Å². The van der Waals surface area contributed by atoms with Crippen molar-refractivity contribution in [2.45, 2.75) is 18.9 Å². The predicted octanol–water partition coefficient (Wildman–Crippen LogP) is 4.53. The summed E-state index contributed by atoms with van der Waals surface area (Å²) in [6.07, 6.45) is 0. The maximum absolute atomic E-state index is 6.24. The van der Waals surface area contributed by atoms with E-state index >= 15 is 0 Å². The van der Waals surface area contributed by atoms with Crippen molar-refractivity contribution in [2.75, 3.05) is 7.11 Å². The molecule has 0 atom stereocenters. The van der Waals surface area contributed by atoms with Gasteiger partial charge in [0.2, 0.25) is 0 Å². The molecule has 3 nitrogen and oxygen atoms in total. The second-order valence-electron chi connectivity index (χ2n) is 4.30. The number of halogens is 2. The number of aryl methyl sites for hydroxylation is 1. The number of aromatic nitrogens is 1. The lowest BCUT2D eigenvalue weighted by atomic mass is 10.2. The number of rotatable bonds is 5. The van der Waals surface area contributed by atoms with Gasteiger partial charge in [0.15, 0.2) is 11.5 Å². The highest BCUT2D eigenvalue weighted by molar-refractivity contribution is 9.08. The lowest BCUT2D eigenvalue weighted by Gasteiger charge is -2.13. The fourth-order valence-corrected chi connectivity index (χ4v) is 2.43. The van der Waals surface area contributed by atoms with Crippen LogP contribution >= 0.6 is 27.5 Å². The summed E-state index contributed by atoms with van der Waals surface area (Å²) in [5, 5.41) is 1.24. The van der Waals surface area contributed by atoms with Crippen LogP contribution in [0.1, 0.15) is 17.0 Å². The van der Waals surface area contributed by atoms with Crippen molar-refractivity contribution in [3.63, 3.8) is 0 Å². The molecule has 0 aliphatic rings. The third-order valence-corrected chi connectivity index (χ3v) is 3.68. The molecule has 0 saturated carbocycles. The minimum absolute atomic E-state index is 0.353. The second-order valence-corrected chi connectivity index (χ2v) is 5.27. The Labute approximate surface area is 132 Å². The van der Waals surface area contributed by atoms with E-state index in [0.29, 0.717) is 28.5 Å². The molecule has 2 rings (SSSR count). The molecule has 5 heteroatoms. The van der Waals surface area contributed by atoms with Crippen LogP contribution in [0.25, 0.3) is 0 Å². The summed E-state index contributed by atoms with van der Waals surface area (Å²) in [6.45, 7) is 2.30. The van der Waals surface area contributed by atoms with E-state index in [4.69, 9.17) is 21.1 Å². The van der Waals surface area contributed by atoms with Gasteiger partial charge in [-0.3, -0.25) is 4.98 Å². The van der Waals surface area contributed by atoms with E-state index in [9.17, 15) is 0 Å². The third-order valence-electron chi connectivity index (χ3n) is 2.75. The van der Waals surface area contributed by atoms with Gasteiger partial charge in [0.05, 0.1) is 17.8 Å². The summed E-state index contributed by atoms with van der Waals surface area (Å²) in [7, 11) is 1.60. The maximum Gasteiger partial charge on any atom is 0.180 e. The summed E-state index contributed by atoms with van der Waals surface area (Å²) in [6, 6.07) is 9.58. The molecular formula is C15H15BrClNO2. The number of hydrogen-bond acceptors (Lipinski definition) is 3. The number of alkyl halides is 1. The van der Waals surface area contributed by atoms with Crippen molar-refractivity contribution >= 4 is 27.5 Å². The summed E-state index contributed by atoms with van der Waals surface area (Å²) in [5.74, 6) is 1.17. The van der Waals surface area contributed by atoms with Crippen LogP contribution in [0.5, 0.6) is 11.5 Å². The Bertz CT molecular complexity index is 604. The monoisotopic (exact) mass is 355 g/mol. The lowest BCUT2D eigenvalue weighted by Crippen LogP contribution is -2.01. The number of nitrogens with zero attached hydrogens (tertiary/aromatic N) is 1. The van der Waals surface area contributed by atoms with Crippen molar-refractivity contribution in [3.05, 3.63) is 52.3 Å². The Morgan fingerprint density at radius 2 is 2.10 bits per heavy atom. The van der Waals surface area contributed by atoms with E-state index in [-0.39, 0.29) is 0 Å². The standard InChI is InChI=1S/C15H15BrClNO2/c1-10-4-3-5-12(18-10)9-20-15-13(17)6-11(8-16)7-14(15)19-2/h3-7H,8-9H2,1-2H3. The first kappa shape index (κ1) is 15.1. The van der Waals surface area contributed by atoms with Crippen LogP contribution in [-0.2, 0) is 11.9 Å². The highest BCUT2D eigenvalue weighted by atomic mass is 79.9. The number of methoxy groups -OCH3 is 1. The van der Waals surface area contributed by atoms with Crippen molar-refractivity contribution in [3.8, 4) is 11.5 Å². The van der Waals surface area contributed by atoms with Gasteiger partial charge in [0, 0.05) is 11.0 Å². The third kappa shape index (κ3) is 3.64. The molecule has 1 aromatic heterocycles. The zero-order valence-electron chi connectivity index (χ0n) is 11.3. The van der Waals surface area contributed by atoms with Crippen LogP contribution in [-0.4, -0.2) is 12.1 Å². The fraction of sp³-hybridized carbons (Fsp3) is 0.267. The quantitative estimate of drug-likeness (QED) is 0.738. The minimum atomic E-state index is 0.353. The van der Waals surface area contributed by atoms with Gasteiger partial charge in [-0.1, -0.05) is 33.6 Å². The molecule has 2 aromatic rings. The molecule has 0 unspecified atom stereocenters. The Morgan fingerprint density at radius 1 is 1.30 bits per heavy atom. The maximum atomic E-state index is 6.24. The molecule has 0 aliphatic carbocycles.